The summed E-state index contributed by atoms with van der Waals surface area (Å²) >= 11 is 0. The third-order valence-corrected chi connectivity index (χ3v) is 5.85. The molecule has 1 saturated carbocycles. The van der Waals surface area contributed by atoms with Gasteiger partial charge in [0, 0.05) is 41.2 Å². The van der Waals surface area contributed by atoms with Crippen LogP contribution in [0.4, 0.5) is 0 Å². The van der Waals surface area contributed by atoms with E-state index in [2.05, 4.69) is 26.6 Å². The molecule has 1 fully saturated rings. The van der Waals surface area contributed by atoms with Crippen molar-refractivity contribution < 1.29 is 9.90 Å². The van der Waals surface area contributed by atoms with E-state index in [-0.39, 0.29) is 18.0 Å². The molecule has 1 amide bonds. The van der Waals surface area contributed by atoms with E-state index in [4.69, 9.17) is 0 Å². The molecule has 7 nitrogen and oxygen atoms in total. The average molecular weight is 393 g/mol. The van der Waals surface area contributed by atoms with E-state index in [0.29, 0.717) is 12.1 Å². The number of carbonyl (C=O) groups excluding carboxylic acids is 1. The standard InChI is InChI=1S/C22H27N5O2/c1-3-21(28)24-16-5-6-17(13-16)27(2)22(29)20-9-8-19(25-26-20)14-4-7-18-15(12-14)10-11-23-18/h4,7-12,16-17,22-23,29H,3,5-6,13H2,1-2H3,(H,24,28)/t16-,17+,22?/m0/s1. The van der Waals surface area contributed by atoms with Crippen molar-refractivity contribution in [3.8, 4) is 11.3 Å². The number of aromatic nitrogens is 3. The van der Waals surface area contributed by atoms with Crippen LogP contribution in [0.2, 0.25) is 0 Å². The van der Waals surface area contributed by atoms with Crippen molar-refractivity contribution in [3.63, 3.8) is 0 Å². The van der Waals surface area contributed by atoms with Crippen LogP contribution >= 0.6 is 0 Å². The third kappa shape index (κ3) is 4.16. The summed E-state index contributed by atoms with van der Waals surface area (Å²) in [7, 11) is 1.90. The zero-order chi connectivity index (χ0) is 20.4. The summed E-state index contributed by atoms with van der Waals surface area (Å²) in [6, 6.07) is 12.2. The molecule has 1 aromatic carbocycles. The third-order valence-electron chi connectivity index (χ3n) is 5.85. The number of aliphatic hydroxyl groups excluding tert-OH is 1. The molecular weight excluding hydrogens is 366 g/mol. The van der Waals surface area contributed by atoms with Crippen LogP contribution in [0.5, 0.6) is 0 Å². The van der Waals surface area contributed by atoms with Gasteiger partial charge >= 0.3 is 0 Å². The number of hydrogen-bond donors (Lipinski definition) is 3. The number of nitrogens with one attached hydrogen (secondary N) is 2. The fourth-order valence-corrected chi connectivity index (χ4v) is 4.04. The molecule has 2 heterocycles. The van der Waals surface area contributed by atoms with Gasteiger partial charge < -0.3 is 15.4 Å². The Kier molecular flexibility index (Phi) is 5.60. The molecule has 0 radical (unpaired) electrons. The molecule has 3 N–H and O–H groups in total. The van der Waals surface area contributed by atoms with Crippen LogP contribution in [-0.2, 0) is 4.79 Å². The lowest BCUT2D eigenvalue weighted by Gasteiger charge is -2.29. The van der Waals surface area contributed by atoms with Crippen molar-refractivity contribution in [1.82, 2.24) is 25.4 Å². The quantitative estimate of drug-likeness (QED) is 0.560. The lowest BCUT2D eigenvalue weighted by Crippen LogP contribution is -2.37. The molecule has 29 heavy (non-hydrogen) atoms. The zero-order valence-electron chi connectivity index (χ0n) is 16.8. The highest BCUT2D eigenvalue weighted by Gasteiger charge is 2.32. The normalized spacial score (nSPS) is 20.3. The van der Waals surface area contributed by atoms with Gasteiger partial charge in [-0.3, -0.25) is 9.69 Å². The summed E-state index contributed by atoms with van der Waals surface area (Å²) < 4.78 is 0. The fraction of sp³-hybridized carbons (Fsp3) is 0.409. The average Bonchev–Trinajstić information content (AvgIpc) is 3.41. The molecule has 0 bridgehead atoms. The Bertz CT molecular complexity index is 984. The minimum absolute atomic E-state index is 0.0816. The number of amides is 1. The van der Waals surface area contributed by atoms with E-state index in [1.54, 1.807) is 0 Å². The van der Waals surface area contributed by atoms with Crippen LogP contribution in [0.3, 0.4) is 0 Å². The van der Waals surface area contributed by atoms with E-state index < -0.39 is 6.23 Å². The molecule has 4 rings (SSSR count). The Labute approximate surface area is 170 Å². The molecule has 0 aliphatic heterocycles. The largest absolute Gasteiger partial charge is 0.372 e. The number of benzene rings is 1. The number of aliphatic hydroxyl groups is 1. The van der Waals surface area contributed by atoms with Crippen molar-refractivity contribution in [1.29, 1.82) is 0 Å². The second-order valence-electron chi connectivity index (χ2n) is 7.75. The van der Waals surface area contributed by atoms with Gasteiger partial charge in [0.2, 0.25) is 5.91 Å². The molecule has 3 aromatic rings. The highest BCUT2D eigenvalue weighted by atomic mass is 16.3. The first-order valence-corrected chi connectivity index (χ1v) is 10.2. The number of fused-ring (bicyclic) bond motifs is 1. The van der Waals surface area contributed by atoms with Gasteiger partial charge in [-0.2, -0.15) is 10.2 Å². The molecule has 0 spiro atoms. The number of H-pyrrole nitrogens is 1. The van der Waals surface area contributed by atoms with Gasteiger partial charge in [-0.1, -0.05) is 13.0 Å². The topological polar surface area (TPSA) is 94.1 Å². The molecular formula is C22H27N5O2. The second-order valence-corrected chi connectivity index (χ2v) is 7.75. The molecule has 3 atom stereocenters. The van der Waals surface area contributed by atoms with Gasteiger partial charge in [0.25, 0.3) is 0 Å². The summed E-state index contributed by atoms with van der Waals surface area (Å²) in [6.45, 7) is 1.86. The van der Waals surface area contributed by atoms with Crippen molar-refractivity contribution in [3.05, 3.63) is 48.3 Å². The predicted molar refractivity (Wildman–Crippen MR) is 112 cm³/mol. The summed E-state index contributed by atoms with van der Waals surface area (Å²) in [5.41, 5.74) is 3.37. The van der Waals surface area contributed by atoms with E-state index in [0.717, 1.165) is 41.4 Å². The summed E-state index contributed by atoms with van der Waals surface area (Å²) in [5.74, 6) is 0.0816. The maximum Gasteiger partial charge on any atom is 0.219 e. The minimum atomic E-state index is -0.825. The van der Waals surface area contributed by atoms with Crippen molar-refractivity contribution in [2.24, 2.45) is 0 Å². The number of hydrogen-bond acceptors (Lipinski definition) is 5. The van der Waals surface area contributed by atoms with Crippen LogP contribution < -0.4 is 5.32 Å². The Morgan fingerprint density at radius 1 is 1.28 bits per heavy atom. The van der Waals surface area contributed by atoms with E-state index in [1.807, 2.05) is 55.4 Å². The Balaban J connectivity index is 1.42. The number of aromatic amines is 1. The van der Waals surface area contributed by atoms with Gasteiger partial charge in [0.05, 0.1) is 5.69 Å². The summed E-state index contributed by atoms with van der Waals surface area (Å²) in [5, 5.41) is 23.6. The van der Waals surface area contributed by atoms with Crippen LogP contribution in [-0.4, -0.2) is 50.2 Å². The number of nitrogens with zero attached hydrogens (tertiary/aromatic N) is 3. The summed E-state index contributed by atoms with van der Waals surface area (Å²) in [4.78, 5) is 16.7. The number of rotatable bonds is 6. The van der Waals surface area contributed by atoms with Gasteiger partial charge in [-0.05, 0) is 56.6 Å². The highest BCUT2D eigenvalue weighted by Crippen LogP contribution is 2.29. The molecule has 1 aliphatic rings. The van der Waals surface area contributed by atoms with Gasteiger partial charge in [-0.15, -0.1) is 0 Å². The van der Waals surface area contributed by atoms with Gasteiger partial charge in [-0.25, -0.2) is 0 Å². The first-order valence-electron chi connectivity index (χ1n) is 10.2. The molecule has 152 valence electrons. The lowest BCUT2D eigenvalue weighted by molar-refractivity contribution is -0.121. The highest BCUT2D eigenvalue weighted by molar-refractivity contribution is 5.84. The Hall–Kier alpha value is -2.77. The van der Waals surface area contributed by atoms with Gasteiger partial charge in [0.15, 0.2) is 6.23 Å². The van der Waals surface area contributed by atoms with Crippen molar-refractivity contribution in [2.45, 2.75) is 50.9 Å². The Morgan fingerprint density at radius 3 is 2.90 bits per heavy atom. The van der Waals surface area contributed by atoms with E-state index in [1.165, 1.54) is 0 Å². The van der Waals surface area contributed by atoms with E-state index >= 15 is 0 Å². The van der Waals surface area contributed by atoms with E-state index in [9.17, 15) is 9.90 Å². The van der Waals surface area contributed by atoms with Crippen molar-refractivity contribution in [2.75, 3.05) is 7.05 Å². The fourth-order valence-electron chi connectivity index (χ4n) is 4.04. The second kappa shape index (κ2) is 8.31. The SMILES string of the molecule is CCC(=O)N[C@H]1CC[C@@H](N(C)C(O)c2ccc(-c3ccc4[nH]ccc4c3)nn2)C1. The Morgan fingerprint density at radius 2 is 2.14 bits per heavy atom. The molecule has 7 heteroatoms. The zero-order valence-corrected chi connectivity index (χ0v) is 16.8. The van der Waals surface area contributed by atoms with Crippen LogP contribution in [0.25, 0.3) is 22.2 Å². The van der Waals surface area contributed by atoms with Crippen LogP contribution in [0.15, 0.2) is 42.6 Å². The smallest absolute Gasteiger partial charge is 0.219 e. The first kappa shape index (κ1) is 19.5. The van der Waals surface area contributed by atoms with Crippen molar-refractivity contribution >= 4 is 16.8 Å². The van der Waals surface area contributed by atoms with Crippen LogP contribution in [0.1, 0.15) is 44.5 Å². The maximum absolute atomic E-state index is 11.6. The van der Waals surface area contributed by atoms with Crippen LogP contribution in [0, 0.1) is 0 Å². The minimum Gasteiger partial charge on any atom is -0.372 e. The summed E-state index contributed by atoms with van der Waals surface area (Å²) in [6.07, 6.45) is 4.29. The van der Waals surface area contributed by atoms with Gasteiger partial charge in [0.1, 0.15) is 5.69 Å². The monoisotopic (exact) mass is 393 g/mol. The first-order chi connectivity index (χ1) is 14.0. The lowest BCUT2D eigenvalue weighted by atomic mass is 10.1. The predicted octanol–water partition coefficient (Wildman–Crippen LogP) is 2.99. The molecule has 2 aromatic heterocycles. The number of carbonyl (C=O) groups is 1. The maximum atomic E-state index is 11.6. The molecule has 0 saturated heterocycles. The molecule has 1 unspecified atom stereocenters. The molecule has 1 aliphatic carbocycles.